The number of imidazole rings is 1. The van der Waals surface area contributed by atoms with Crippen molar-refractivity contribution < 1.29 is 0 Å². The van der Waals surface area contributed by atoms with Crippen LogP contribution in [0.4, 0.5) is 0 Å². The van der Waals surface area contributed by atoms with Crippen molar-refractivity contribution in [2.75, 3.05) is 0 Å². The van der Waals surface area contributed by atoms with Crippen LogP contribution in [0.5, 0.6) is 0 Å². The molecule has 0 spiro atoms. The highest BCUT2D eigenvalue weighted by molar-refractivity contribution is 6.31. The molecule has 0 saturated heterocycles. The van der Waals surface area contributed by atoms with Crippen molar-refractivity contribution in [3.05, 3.63) is 59.4 Å². The van der Waals surface area contributed by atoms with Crippen LogP contribution in [0.2, 0.25) is 5.02 Å². The standard InChI is InChI=1S/C16H16ClN3/c1-11(18)9-12-13(17)5-4-8-15(12)20-10-19-14-6-2-3-7-16(14)20/h2-8,10-11H,9,18H2,1H3. The molecule has 1 unspecified atom stereocenters. The summed E-state index contributed by atoms with van der Waals surface area (Å²) in [4.78, 5) is 4.43. The van der Waals surface area contributed by atoms with Crippen LogP contribution in [-0.4, -0.2) is 15.6 Å². The summed E-state index contributed by atoms with van der Waals surface area (Å²) in [7, 11) is 0. The summed E-state index contributed by atoms with van der Waals surface area (Å²) in [5.41, 5.74) is 10.1. The molecule has 20 heavy (non-hydrogen) atoms. The lowest BCUT2D eigenvalue weighted by atomic mass is 10.1. The van der Waals surface area contributed by atoms with Crippen LogP contribution in [0.1, 0.15) is 12.5 Å². The Balaban J connectivity index is 2.21. The van der Waals surface area contributed by atoms with E-state index in [1.165, 1.54) is 0 Å². The Bertz CT molecular complexity index is 746. The minimum Gasteiger partial charge on any atom is -0.328 e. The molecular formula is C16H16ClN3. The highest BCUT2D eigenvalue weighted by atomic mass is 35.5. The topological polar surface area (TPSA) is 43.8 Å². The van der Waals surface area contributed by atoms with Gasteiger partial charge in [-0.1, -0.05) is 29.8 Å². The van der Waals surface area contributed by atoms with Crippen molar-refractivity contribution >= 4 is 22.6 Å². The number of hydrogen-bond acceptors (Lipinski definition) is 2. The molecule has 3 rings (SSSR count). The van der Waals surface area contributed by atoms with Crippen molar-refractivity contribution in [2.45, 2.75) is 19.4 Å². The number of aromatic nitrogens is 2. The molecule has 2 aromatic carbocycles. The third kappa shape index (κ3) is 2.30. The van der Waals surface area contributed by atoms with Crippen LogP contribution in [0.3, 0.4) is 0 Å². The van der Waals surface area contributed by atoms with E-state index in [1.807, 2.05) is 43.6 Å². The van der Waals surface area contributed by atoms with Crippen molar-refractivity contribution in [1.82, 2.24) is 9.55 Å². The van der Waals surface area contributed by atoms with Gasteiger partial charge in [0.25, 0.3) is 0 Å². The minimum atomic E-state index is 0.0587. The lowest BCUT2D eigenvalue weighted by molar-refractivity contribution is 0.734. The molecule has 0 aliphatic rings. The Kier molecular flexibility index (Phi) is 3.47. The molecule has 0 amide bonds. The van der Waals surface area contributed by atoms with Gasteiger partial charge in [-0.2, -0.15) is 0 Å². The fourth-order valence-electron chi connectivity index (χ4n) is 2.45. The van der Waals surface area contributed by atoms with E-state index in [9.17, 15) is 0 Å². The SMILES string of the molecule is CC(N)Cc1c(Cl)cccc1-n1cnc2ccccc21. The highest BCUT2D eigenvalue weighted by Gasteiger charge is 2.12. The number of fused-ring (bicyclic) bond motifs is 1. The van der Waals surface area contributed by atoms with Crippen LogP contribution in [0, 0.1) is 0 Å². The molecule has 0 saturated carbocycles. The van der Waals surface area contributed by atoms with Crippen molar-refractivity contribution in [3.63, 3.8) is 0 Å². The molecule has 0 bridgehead atoms. The fourth-order valence-corrected chi connectivity index (χ4v) is 2.69. The summed E-state index contributed by atoms with van der Waals surface area (Å²) in [5, 5.41) is 0.748. The molecule has 3 aromatic rings. The molecule has 0 aliphatic carbocycles. The average Bonchev–Trinajstić information content (AvgIpc) is 2.84. The zero-order valence-corrected chi connectivity index (χ0v) is 12.0. The third-order valence-electron chi connectivity index (χ3n) is 3.33. The van der Waals surface area contributed by atoms with Gasteiger partial charge in [-0.15, -0.1) is 0 Å². The second kappa shape index (κ2) is 5.27. The molecule has 4 heteroatoms. The Morgan fingerprint density at radius 1 is 1.20 bits per heavy atom. The molecule has 102 valence electrons. The molecule has 0 aliphatic heterocycles. The van der Waals surface area contributed by atoms with Gasteiger partial charge in [0.05, 0.1) is 16.7 Å². The van der Waals surface area contributed by atoms with Crippen molar-refractivity contribution in [3.8, 4) is 5.69 Å². The zero-order valence-electron chi connectivity index (χ0n) is 11.3. The van der Waals surface area contributed by atoms with Gasteiger partial charge in [-0.3, -0.25) is 4.57 Å². The third-order valence-corrected chi connectivity index (χ3v) is 3.69. The largest absolute Gasteiger partial charge is 0.328 e. The maximum absolute atomic E-state index is 6.35. The fraction of sp³-hybridized carbons (Fsp3) is 0.188. The van der Waals surface area contributed by atoms with E-state index in [4.69, 9.17) is 17.3 Å². The lowest BCUT2D eigenvalue weighted by Crippen LogP contribution is -2.19. The Labute approximate surface area is 123 Å². The summed E-state index contributed by atoms with van der Waals surface area (Å²) < 4.78 is 2.07. The number of hydrogen-bond donors (Lipinski definition) is 1. The number of nitrogens with two attached hydrogens (primary N) is 1. The predicted molar refractivity (Wildman–Crippen MR) is 83.4 cm³/mol. The van der Waals surface area contributed by atoms with Crippen LogP contribution >= 0.6 is 11.6 Å². The van der Waals surface area contributed by atoms with E-state index in [1.54, 1.807) is 0 Å². The quantitative estimate of drug-likeness (QED) is 0.799. The van der Waals surface area contributed by atoms with E-state index < -0.39 is 0 Å². The number of rotatable bonds is 3. The Hall–Kier alpha value is -1.84. The highest BCUT2D eigenvalue weighted by Crippen LogP contribution is 2.27. The molecule has 2 N–H and O–H groups in total. The van der Waals surface area contributed by atoms with Gasteiger partial charge in [-0.25, -0.2) is 4.98 Å². The van der Waals surface area contributed by atoms with Gasteiger partial charge in [0.1, 0.15) is 6.33 Å². The average molecular weight is 286 g/mol. The van der Waals surface area contributed by atoms with E-state index in [0.717, 1.165) is 33.7 Å². The lowest BCUT2D eigenvalue weighted by Gasteiger charge is -2.14. The second-order valence-electron chi connectivity index (χ2n) is 5.02. The normalized spacial score (nSPS) is 12.8. The Morgan fingerprint density at radius 3 is 2.80 bits per heavy atom. The van der Waals surface area contributed by atoms with E-state index in [0.29, 0.717) is 0 Å². The van der Waals surface area contributed by atoms with Gasteiger partial charge >= 0.3 is 0 Å². The Morgan fingerprint density at radius 2 is 2.00 bits per heavy atom. The van der Waals surface area contributed by atoms with E-state index >= 15 is 0 Å². The summed E-state index contributed by atoms with van der Waals surface area (Å²) in [6, 6.07) is 14.0. The number of halogens is 1. The first kappa shape index (κ1) is 13.2. The molecule has 3 nitrogen and oxygen atoms in total. The van der Waals surface area contributed by atoms with Gasteiger partial charge < -0.3 is 5.73 Å². The van der Waals surface area contributed by atoms with Gasteiger partial charge in [0, 0.05) is 11.1 Å². The second-order valence-corrected chi connectivity index (χ2v) is 5.43. The predicted octanol–water partition coefficient (Wildman–Crippen LogP) is 3.57. The number of para-hydroxylation sites is 2. The summed E-state index contributed by atoms with van der Waals surface area (Å²) in [6.07, 6.45) is 2.57. The monoisotopic (exact) mass is 285 g/mol. The first-order chi connectivity index (χ1) is 9.66. The zero-order chi connectivity index (χ0) is 14.1. The summed E-state index contributed by atoms with van der Waals surface area (Å²) >= 11 is 6.35. The molecule has 1 atom stereocenters. The molecular weight excluding hydrogens is 270 g/mol. The van der Waals surface area contributed by atoms with Gasteiger partial charge in [0.2, 0.25) is 0 Å². The summed E-state index contributed by atoms with van der Waals surface area (Å²) in [5.74, 6) is 0. The summed E-state index contributed by atoms with van der Waals surface area (Å²) in [6.45, 7) is 1.99. The van der Waals surface area contributed by atoms with Crippen LogP contribution in [0.15, 0.2) is 48.8 Å². The van der Waals surface area contributed by atoms with Gasteiger partial charge in [-0.05, 0) is 43.2 Å². The number of benzene rings is 2. The smallest absolute Gasteiger partial charge is 0.100 e. The maximum atomic E-state index is 6.35. The van der Waals surface area contributed by atoms with E-state index in [2.05, 4.69) is 21.7 Å². The van der Waals surface area contributed by atoms with Crippen LogP contribution < -0.4 is 5.73 Å². The van der Waals surface area contributed by atoms with Crippen molar-refractivity contribution in [2.24, 2.45) is 5.73 Å². The molecule has 0 fully saturated rings. The molecule has 0 radical (unpaired) electrons. The van der Waals surface area contributed by atoms with Crippen LogP contribution in [0.25, 0.3) is 16.7 Å². The van der Waals surface area contributed by atoms with Gasteiger partial charge in [0.15, 0.2) is 0 Å². The van der Waals surface area contributed by atoms with Crippen LogP contribution in [-0.2, 0) is 6.42 Å². The molecule has 1 aromatic heterocycles. The minimum absolute atomic E-state index is 0.0587. The number of nitrogens with zero attached hydrogens (tertiary/aromatic N) is 2. The molecule has 1 heterocycles. The first-order valence-corrected chi connectivity index (χ1v) is 7.00. The van der Waals surface area contributed by atoms with Crippen molar-refractivity contribution in [1.29, 1.82) is 0 Å². The first-order valence-electron chi connectivity index (χ1n) is 6.62. The maximum Gasteiger partial charge on any atom is 0.100 e. The van der Waals surface area contributed by atoms with E-state index in [-0.39, 0.29) is 6.04 Å².